The first kappa shape index (κ1) is 22.6. The number of carbonyl (C=O) groups excluding carboxylic acids is 2. The van der Waals surface area contributed by atoms with Crippen LogP contribution in [-0.2, 0) is 19.9 Å². The van der Waals surface area contributed by atoms with Crippen molar-refractivity contribution in [2.75, 3.05) is 29.1 Å². The second-order valence-corrected chi connectivity index (χ2v) is 8.56. The SMILES string of the molecule is CC(C)(O)c1cccc(N2CCO[C@H](C(C)(O)C(=O)Nc3ccc4c(N)noc4c3)C2=O)n1. The van der Waals surface area contributed by atoms with Crippen LogP contribution in [0.1, 0.15) is 26.5 Å². The molecule has 1 fully saturated rings. The average Bonchev–Trinajstić information content (AvgIpc) is 3.13. The van der Waals surface area contributed by atoms with Gasteiger partial charge in [0, 0.05) is 11.8 Å². The topological polar surface area (TPSA) is 164 Å². The lowest BCUT2D eigenvalue weighted by Crippen LogP contribution is -2.61. The smallest absolute Gasteiger partial charge is 0.260 e. The van der Waals surface area contributed by atoms with Gasteiger partial charge in [-0.15, -0.1) is 0 Å². The molecule has 3 aromatic rings. The summed E-state index contributed by atoms with van der Waals surface area (Å²) in [7, 11) is 0. The van der Waals surface area contributed by atoms with E-state index in [4.69, 9.17) is 15.0 Å². The Labute approximate surface area is 189 Å². The molecule has 33 heavy (non-hydrogen) atoms. The minimum absolute atomic E-state index is 0.0809. The molecule has 11 heteroatoms. The van der Waals surface area contributed by atoms with Crippen LogP contribution in [0.25, 0.3) is 11.0 Å². The second kappa shape index (κ2) is 8.10. The maximum Gasteiger partial charge on any atom is 0.260 e. The molecular formula is C22H25N5O6. The number of fused-ring (bicyclic) bond motifs is 1. The molecule has 1 aromatic carbocycles. The zero-order chi connectivity index (χ0) is 24.0. The quantitative estimate of drug-likeness (QED) is 0.442. The van der Waals surface area contributed by atoms with E-state index in [1.807, 2.05) is 0 Å². The minimum Gasteiger partial charge on any atom is -0.384 e. The van der Waals surface area contributed by atoms with E-state index in [1.54, 1.807) is 44.2 Å². The molecule has 1 aliphatic heterocycles. The van der Waals surface area contributed by atoms with Gasteiger partial charge in [-0.2, -0.15) is 0 Å². The number of nitrogens with one attached hydrogen (secondary N) is 1. The number of rotatable bonds is 5. The molecule has 174 valence electrons. The Morgan fingerprint density at radius 1 is 1.24 bits per heavy atom. The molecule has 0 aliphatic carbocycles. The number of nitrogens with two attached hydrogens (primary N) is 1. The molecular weight excluding hydrogens is 430 g/mol. The summed E-state index contributed by atoms with van der Waals surface area (Å²) in [6, 6.07) is 9.64. The van der Waals surface area contributed by atoms with Gasteiger partial charge in [0.25, 0.3) is 11.8 Å². The van der Waals surface area contributed by atoms with E-state index in [1.165, 1.54) is 17.9 Å². The number of amides is 2. The van der Waals surface area contributed by atoms with E-state index in [9.17, 15) is 19.8 Å². The number of pyridine rings is 1. The molecule has 1 unspecified atom stereocenters. The number of benzene rings is 1. The lowest BCUT2D eigenvalue weighted by atomic mass is 9.95. The average molecular weight is 455 g/mol. The summed E-state index contributed by atoms with van der Waals surface area (Å²) in [5.41, 5.74) is 3.36. The van der Waals surface area contributed by atoms with Gasteiger partial charge in [0.05, 0.1) is 24.2 Å². The number of morpholine rings is 1. The van der Waals surface area contributed by atoms with Crippen molar-refractivity contribution in [2.24, 2.45) is 0 Å². The molecule has 0 bridgehead atoms. The molecule has 4 rings (SSSR count). The number of aromatic nitrogens is 2. The van der Waals surface area contributed by atoms with E-state index < -0.39 is 29.1 Å². The van der Waals surface area contributed by atoms with Crippen LogP contribution in [0.15, 0.2) is 40.9 Å². The Bertz CT molecular complexity index is 1220. The second-order valence-electron chi connectivity index (χ2n) is 8.56. The fourth-order valence-electron chi connectivity index (χ4n) is 3.54. The lowest BCUT2D eigenvalue weighted by Gasteiger charge is -2.38. The predicted molar refractivity (Wildman–Crippen MR) is 119 cm³/mol. The van der Waals surface area contributed by atoms with Gasteiger partial charge in [0.15, 0.2) is 23.1 Å². The van der Waals surface area contributed by atoms with Crippen LogP contribution < -0.4 is 16.0 Å². The van der Waals surface area contributed by atoms with Crippen LogP contribution in [0.3, 0.4) is 0 Å². The van der Waals surface area contributed by atoms with Gasteiger partial charge in [-0.3, -0.25) is 14.5 Å². The molecule has 0 saturated carbocycles. The fraction of sp³-hybridized carbons (Fsp3) is 0.364. The van der Waals surface area contributed by atoms with Gasteiger partial charge in [-0.1, -0.05) is 11.2 Å². The molecule has 3 heterocycles. The Kier molecular flexibility index (Phi) is 5.56. The Morgan fingerprint density at radius 2 is 2.00 bits per heavy atom. The Morgan fingerprint density at radius 3 is 2.73 bits per heavy atom. The van der Waals surface area contributed by atoms with Crippen molar-refractivity contribution in [1.82, 2.24) is 10.1 Å². The molecule has 11 nitrogen and oxygen atoms in total. The largest absolute Gasteiger partial charge is 0.384 e. The zero-order valence-corrected chi connectivity index (χ0v) is 18.4. The predicted octanol–water partition coefficient (Wildman–Crippen LogP) is 1.15. The summed E-state index contributed by atoms with van der Waals surface area (Å²) >= 11 is 0. The zero-order valence-electron chi connectivity index (χ0n) is 18.4. The number of hydrogen-bond donors (Lipinski definition) is 4. The third-order valence-corrected chi connectivity index (χ3v) is 5.46. The highest BCUT2D eigenvalue weighted by atomic mass is 16.5. The van der Waals surface area contributed by atoms with Crippen molar-refractivity contribution >= 4 is 40.1 Å². The first-order valence-electron chi connectivity index (χ1n) is 10.3. The first-order valence-corrected chi connectivity index (χ1v) is 10.3. The van der Waals surface area contributed by atoms with Gasteiger partial charge in [-0.25, -0.2) is 4.98 Å². The summed E-state index contributed by atoms with van der Waals surface area (Å²) in [4.78, 5) is 31.8. The number of ether oxygens (including phenoxy) is 1. The Balaban J connectivity index is 1.55. The summed E-state index contributed by atoms with van der Waals surface area (Å²) in [5.74, 6) is -0.955. The summed E-state index contributed by atoms with van der Waals surface area (Å²) in [6.07, 6.45) is -1.47. The van der Waals surface area contributed by atoms with Crippen LogP contribution in [0.4, 0.5) is 17.3 Å². The van der Waals surface area contributed by atoms with Gasteiger partial charge in [0.1, 0.15) is 11.4 Å². The molecule has 1 saturated heterocycles. The minimum atomic E-state index is -2.20. The van der Waals surface area contributed by atoms with Gasteiger partial charge in [0.2, 0.25) is 0 Å². The van der Waals surface area contributed by atoms with E-state index in [-0.39, 0.29) is 24.8 Å². The van der Waals surface area contributed by atoms with Gasteiger partial charge in [-0.05, 0) is 45.0 Å². The van der Waals surface area contributed by atoms with Crippen LogP contribution in [-0.4, -0.2) is 57.0 Å². The van der Waals surface area contributed by atoms with Crippen molar-refractivity contribution in [1.29, 1.82) is 0 Å². The highest BCUT2D eigenvalue weighted by Gasteiger charge is 2.48. The monoisotopic (exact) mass is 455 g/mol. The number of aliphatic hydroxyl groups is 2. The number of hydrogen-bond acceptors (Lipinski definition) is 9. The Hall–Kier alpha value is -3.54. The number of anilines is 3. The van der Waals surface area contributed by atoms with Crippen LogP contribution in [0.2, 0.25) is 0 Å². The third kappa shape index (κ3) is 4.25. The van der Waals surface area contributed by atoms with Crippen LogP contribution in [0.5, 0.6) is 0 Å². The first-order chi connectivity index (χ1) is 15.5. The number of nitrogens with zero attached hydrogens (tertiary/aromatic N) is 3. The standard InChI is InChI=1S/C22H25N5O6/c1-21(2,30)15-5-4-6-16(25-15)27-9-10-32-17(19(27)28)22(3,31)20(29)24-12-7-8-13-14(11-12)33-26-18(13)23/h4-8,11,17,30-31H,9-10H2,1-3H3,(H2,23,26)(H,24,29)/t17-,22?/m0/s1. The fourth-order valence-corrected chi connectivity index (χ4v) is 3.54. The molecule has 2 atom stereocenters. The maximum atomic E-state index is 13.2. The molecule has 1 aliphatic rings. The van der Waals surface area contributed by atoms with Crippen molar-refractivity contribution in [2.45, 2.75) is 38.1 Å². The number of nitrogen functional groups attached to an aromatic ring is 1. The maximum absolute atomic E-state index is 13.2. The normalized spacial score (nSPS) is 18.9. The van der Waals surface area contributed by atoms with Crippen LogP contribution >= 0.6 is 0 Å². The third-order valence-electron chi connectivity index (χ3n) is 5.46. The highest BCUT2D eigenvalue weighted by molar-refractivity contribution is 6.06. The van der Waals surface area contributed by atoms with Gasteiger partial charge < -0.3 is 30.5 Å². The van der Waals surface area contributed by atoms with Crippen molar-refractivity contribution < 1.29 is 29.1 Å². The van der Waals surface area contributed by atoms with Crippen molar-refractivity contribution in [3.63, 3.8) is 0 Å². The van der Waals surface area contributed by atoms with E-state index >= 15 is 0 Å². The van der Waals surface area contributed by atoms with E-state index in [0.717, 1.165) is 0 Å². The van der Waals surface area contributed by atoms with E-state index in [0.29, 0.717) is 22.4 Å². The summed E-state index contributed by atoms with van der Waals surface area (Å²) < 4.78 is 10.6. The molecule has 0 spiro atoms. The highest BCUT2D eigenvalue weighted by Crippen LogP contribution is 2.28. The van der Waals surface area contributed by atoms with Crippen molar-refractivity contribution in [3.8, 4) is 0 Å². The lowest BCUT2D eigenvalue weighted by molar-refractivity contribution is -0.165. The van der Waals surface area contributed by atoms with Gasteiger partial charge >= 0.3 is 0 Å². The summed E-state index contributed by atoms with van der Waals surface area (Å²) in [6.45, 7) is 4.64. The molecule has 2 aromatic heterocycles. The molecule has 2 amide bonds. The molecule has 0 radical (unpaired) electrons. The van der Waals surface area contributed by atoms with E-state index in [2.05, 4.69) is 15.5 Å². The van der Waals surface area contributed by atoms with Crippen molar-refractivity contribution in [3.05, 3.63) is 42.1 Å². The number of carbonyl (C=O) groups is 2. The molecule has 5 N–H and O–H groups in total. The van der Waals surface area contributed by atoms with Crippen LogP contribution in [0, 0.1) is 0 Å². The summed E-state index contributed by atoms with van der Waals surface area (Å²) in [5, 5.41) is 28.1.